The van der Waals surface area contributed by atoms with Crippen LogP contribution in [0.1, 0.15) is 48.5 Å². The van der Waals surface area contributed by atoms with E-state index in [9.17, 15) is 43.8 Å². The largest absolute Gasteiger partial charge is 0.504 e. The molecule has 288 valence electrons. The highest BCUT2D eigenvalue weighted by molar-refractivity contribution is 5.69. The van der Waals surface area contributed by atoms with Gasteiger partial charge in [-0.2, -0.15) is 0 Å². The molecule has 2 heterocycles. The van der Waals surface area contributed by atoms with Crippen molar-refractivity contribution >= 4 is 41.8 Å². The monoisotopic (exact) mass is 744 g/mol. The third-order valence-electron chi connectivity index (χ3n) is 7.11. The molecule has 2 fully saturated rings. The van der Waals surface area contributed by atoms with E-state index in [2.05, 4.69) is 0 Å². The van der Waals surface area contributed by atoms with Gasteiger partial charge < -0.3 is 62.3 Å². The van der Waals surface area contributed by atoms with E-state index in [0.717, 1.165) is 54.5 Å². The predicted octanol–water partition coefficient (Wildman–Crippen LogP) is 0.0963. The van der Waals surface area contributed by atoms with E-state index in [1.807, 2.05) is 0 Å². The molecule has 0 aromatic heterocycles. The number of aromatic hydroxyl groups is 2. The summed E-state index contributed by atoms with van der Waals surface area (Å²) in [5.74, 6) is -7.93. The SMILES string of the molecule is CC(=O)OC[C@H]1O[C@@H](O[C@H]2C(OC(C)=O)[C@@H](OC(C)=O)[C@H](Oc3cccc(O)c3O)O[C@@H]2COC(C)=O)[C@H](OC(C)=O)[C@@H](OC(C)=O)[C@H]1OC(C)=O. The summed E-state index contributed by atoms with van der Waals surface area (Å²) in [6, 6.07) is 3.69. The maximum atomic E-state index is 12.5. The van der Waals surface area contributed by atoms with Gasteiger partial charge in [-0.05, 0) is 12.1 Å². The molecular weight excluding hydrogens is 704 g/mol. The van der Waals surface area contributed by atoms with E-state index in [4.69, 9.17) is 52.1 Å². The second-order valence-corrected chi connectivity index (χ2v) is 11.4. The van der Waals surface area contributed by atoms with Crippen LogP contribution in [0.5, 0.6) is 17.2 Å². The standard InChI is InChI=1S/C32H40O20/c1-13(33)42-11-22-25(44-15(3)35)27(45-16(4)36)30(48-19(7)39)32(51-22)52-26-23(12-43-14(2)34)50-31(49-21-10-8-9-20(40)24(21)41)29(47-18(6)38)28(26)46-17(5)37/h8-10,22-23,25-32,40-41H,11-12H2,1-7H3/t22-,23-,25+,26-,27+,28?,29-,30-,31-,32+/m1/s1. The number of benzene rings is 1. The zero-order valence-electron chi connectivity index (χ0n) is 29.2. The first-order chi connectivity index (χ1) is 24.4. The van der Waals surface area contributed by atoms with E-state index >= 15 is 0 Å². The van der Waals surface area contributed by atoms with Gasteiger partial charge in [0.2, 0.25) is 18.1 Å². The molecule has 2 aliphatic rings. The van der Waals surface area contributed by atoms with E-state index in [1.54, 1.807) is 0 Å². The van der Waals surface area contributed by atoms with E-state index in [0.29, 0.717) is 0 Å². The number of rotatable bonds is 13. The van der Waals surface area contributed by atoms with Gasteiger partial charge in [-0.15, -0.1) is 0 Å². The number of carbonyl (C=O) groups is 7. The summed E-state index contributed by atoms with van der Waals surface area (Å²) < 4.78 is 61.6. The lowest BCUT2D eigenvalue weighted by Gasteiger charge is -2.48. The normalized spacial score (nSPS) is 28.3. The topological polar surface area (TPSA) is 261 Å². The molecule has 2 aliphatic heterocycles. The molecule has 0 bridgehead atoms. The first kappa shape index (κ1) is 41.2. The van der Waals surface area contributed by atoms with Crippen molar-refractivity contribution in [3.8, 4) is 17.2 Å². The fraction of sp³-hybridized carbons (Fsp3) is 0.594. The number of esters is 7. The number of carbonyl (C=O) groups excluding carboxylic acids is 7. The average Bonchev–Trinajstić information content (AvgIpc) is 3.01. The maximum absolute atomic E-state index is 12.5. The molecular formula is C32H40O20. The zero-order chi connectivity index (χ0) is 38.9. The van der Waals surface area contributed by atoms with Crippen LogP contribution in [0.25, 0.3) is 0 Å². The Hall–Kier alpha value is -5.21. The Bertz CT molecular complexity index is 1490. The average molecular weight is 745 g/mol. The van der Waals surface area contributed by atoms with Crippen LogP contribution in [0, 0.1) is 0 Å². The van der Waals surface area contributed by atoms with Gasteiger partial charge in [0.1, 0.15) is 31.5 Å². The fourth-order valence-electron chi connectivity index (χ4n) is 5.30. The zero-order valence-corrected chi connectivity index (χ0v) is 29.2. The van der Waals surface area contributed by atoms with Crippen LogP contribution in [0.3, 0.4) is 0 Å². The molecule has 1 aromatic carbocycles. The number of phenolic OH excluding ortho intramolecular Hbond substituents is 2. The molecule has 2 saturated heterocycles. The van der Waals surface area contributed by atoms with Gasteiger partial charge in [-0.25, -0.2) is 0 Å². The smallest absolute Gasteiger partial charge is 0.303 e. The maximum Gasteiger partial charge on any atom is 0.303 e. The van der Waals surface area contributed by atoms with Crippen LogP contribution < -0.4 is 4.74 Å². The highest BCUT2D eigenvalue weighted by Crippen LogP contribution is 2.39. The summed E-state index contributed by atoms with van der Waals surface area (Å²) in [5, 5.41) is 20.4. The van der Waals surface area contributed by atoms with Crippen LogP contribution in [0.4, 0.5) is 0 Å². The van der Waals surface area contributed by atoms with Crippen LogP contribution in [-0.2, 0) is 80.9 Å². The lowest BCUT2D eigenvalue weighted by Crippen LogP contribution is -2.67. The van der Waals surface area contributed by atoms with Crippen molar-refractivity contribution in [1.29, 1.82) is 0 Å². The first-order valence-electron chi connectivity index (χ1n) is 15.6. The number of hydrogen-bond acceptors (Lipinski definition) is 20. The Morgan fingerprint density at radius 3 is 1.42 bits per heavy atom. The van der Waals surface area contributed by atoms with Gasteiger partial charge in [0.15, 0.2) is 42.2 Å². The first-order valence-corrected chi connectivity index (χ1v) is 15.6. The van der Waals surface area contributed by atoms with Gasteiger partial charge in [-0.3, -0.25) is 33.6 Å². The van der Waals surface area contributed by atoms with E-state index in [1.165, 1.54) is 12.1 Å². The molecule has 0 amide bonds. The molecule has 0 saturated carbocycles. The van der Waals surface area contributed by atoms with Crippen molar-refractivity contribution in [2.75, 3.05) is 13.2 Å². The van der Waals surface area contributed by atoms with E-state index in [-0.39, 0.29) is 5.75 Å². The molecule has 3 rings (SSSR count). The van der Waals surface area contributed by atoms with E-state index < -0.39 is 128 Å². The molecule has 1 aromatic rings. The number of para-hydroxylation sites is 1. The number of hydrogen-bond donors (Lipinski definition) is 2. The molecule has 10 atom stereocenters. The lowest BCUT2D eigenvalue weighted by atomic mass is 9.96. The van der Waals surface area contributed by atoms with Crippen molar-refractivity contribution in [2.45, 2.75) is 110 Å². The van der Waals surface area contributed by atoms with Gasteiger partial charge in [-0.1, -0.05) is 6.07 Å². The number of phenols is 2. The van der Waals surface area contributed by atoms with Crippen LogP contribution >= 0.6 is 0 Å². The van der Waals surface area contributed by atoms with Gasteiger partial charge in [0.25, 0.3) is 0 Å². The highest BCUT2D eigenvalue weighted by Gasteiger charge is 2.58. The Morgan fingerprint density at radius 2 is 0.942 bits per heavy atom. The second-order valence-electron chi connectivity index (χ2n) is 11.4. The quantitative estimate of drug-likeness (QED) is 0.154. The Morgan fingerprint density at radius 1 is 0.538 bits per heavy atom. The summed E-state index contributed by atoms with van der Waals surface area (Å²) in [6.07, 6.45) is -16.7. The minimum atomic E-state index is -1.86. The van der Waals surface area contributed by atoms with Crippen LogP contribution in [0.15, 0.2) is 18.2 Å². The Kier molecular flexibility index (Phi) is 14.5. The highest BCUT2D eigenvalue weighted by atomic mass is 16.8. The molecule has 0 radical (unpaired) electrons. The summed E-state index contributed by atoms with van der Waals surface area (Å²) >= 11 is 0. The van der Waals surface area contributed by atoms with Gasteiger partial charge in [0.05, 0.1) is 0 Å². The third-order valence-corrected chi connectivity index (χ3v) is 7.11. The molecule has 2 N–H and O–H groups in total. The van der Waals surface area contributed by atoms with Gasteiger partial charge >= 0.3 is 41.8 Å². The Labute approximate surface area is 296 Å². The lowest BCUT2D eigenvalue weighted by molar-refractivity contribution is -0.354. The fourth-order valence-corrected chi connectivity index (χ4v) is 5.30. The summed E-state index contributed by atoms with van der Waals surface area (Å²) in [5.41, 5.74) is 0. The van der Waals surface area contributed by atoms with Crippen LogP contribution in [-0.4, -0.2) is 127 Å². The Balaban J connectivity index is 2.19. The summed E-state index contributed by atoms with van der Waals surface area (Å²) in [7, 11) is 0. The van der Waals surface area contributed by atoms with Crippen molar-refractivity contribution in [2.24, 2.45) is 0 Å². The molecule has 52 heavy (non-hydrogen) atoms. The minimum Gasteiger partial charge on any atom is -0.504 e. The molecule has 20 heteroatoms. The number of ether oxygens (including phenoxy) is 11. The molecule has 1 unspecified atom stereocenters. The van der Waals surface area contributed by atoms with Crippen molar-refractivity contribution in [1.82, 2.24) is 0 Å². The predicted molar refractivity (Wildman–Crippen MR) is 164 cm³/mol. The third kappa shape index (κ3) is 11.4. The summed E-state index contributed by atoms with van der Waals surface area (Å²) in [6.45, 7) is 5.94. The summed E-state index contributed by atoms with van der Waals surface area (Å²) in [4.78, 5) is 85.4. The van der Waals surface area contributed by atoms with Crippen molar-refractivity contribution in [3.05, 3.63) is 18.2 Å². The van der Waals surface area contributed by atoms with Crippen molar-refractivity contribution in [3.63, 3.8) is 0 Å². The minimum absolute atomic E-state index is 0.367. The van der Waals surface area contributed by atoms with Crippen molar-refractivity contribution < 1.29 is 95.9 Å². The molecule has 20 nitrogen and oxygen atoms in total. The molecule has 0 aliphatic carbocycles. The molecule has 0 spiro atoms. The second kappa shape index (κ2) is 18.3. The van der Waals surface area contributed by atoms with Crippen LogP contribution in [0.2, 0.25) is 0 Å². The van der Waals surface area contributed by atoms with Gasteiger partial charge in [0, 0.05) is 48.5 Å².